The molecule has 3 atom stereocenters. The molecule has 2 aliphatic rings. The van der Waals surface area contributed by atoms with E-state index >= 15 is 0 Å². The fraction of sp³-hybridized carbons (Fsp3) is 0.350. The molecule has 0 spiro atoms. The number of carbonyl (C=O) groups excluding carboxylic acids is 1. The molecule has 9 nitrogen and oxygen atoms in total. The average molecular weight is 782 g/mol. The number of nitrogens with zero attached hydrogens (tertiary/aromatic N) is 1. The van der Waals surface area contributed by atoms with Crippen LogP contribution in [0.2, 0.25) is 5.02 Å². The largest absolute Gasteiger partial charge is 0.516 e. The highest BCUT2D eigenvalue weighted by Crippen LogP contribution is 2.53. The van der Waals surface area contributed by atoms with E-state index in [1.54, 1.807) is 24.3 Å². The van der Waals surface area contributed by atoms with Gasteiger partial charge in [0.05, 0.1) is 11.3 Å². The quantitative estimate of drug-likeness (QED) is 0.162. The minimum absolute atomic E-state index is 0.0319. The summed E-state index contributed by atoms with van der Waals surface area (Å²) in [5, 5.41) is 15.2. The number of aliphatic hydroxyl groups is 1. The summed E-state index contributed by atoms with van der Waals surface area (Å²) in [5.41, 5.74) is -2.91. The van der Waals surface area contributed by atoms with Crippen LogP contribution in [0.4, 0.5) is 24.5 Å². The van der Waals surface area contributed by atoms with Crippen molar-refractivity contribution >= 4 is 50.0 Å². The maximum atomic E-state index is 14.7. The van der Waals surface area contributed by atoms with Crippen LogP contribution >= 0.6 is 11.6 Å². The first-order valence-electron chi connectivity index (χ1n) is 17.3. The van der Waals surface area contributed by atoms with Crippen LogP contribution in [-0.4, -0.2) is 35.5 Å². The van der Waals surface area contributed by atoms with Gasteiger partial charge in [-0.3, -0.25) is 9.52 Å². The lowest BCUT2D eigenvalue weighted by Gasteiger charge is -2.49. The number of fused-ring (bicyclic) bond motifs is 4. The third kappa shape index (κ3) is 6.49. The Bertz CT molecular complexity index is 2430. The normalized spacial score (nSPS) is 20.1. The van der Waals surface area contributed by atoms with Crippen LogP contribution < -0.4 is 14.8 Å². The average Bonchev–Trinajstić information content (AvgIpc) is 3.50. The van der Waals surface area contributed by atoms with Crippen LogP contribution in [0.3, 0.4) is 0 Å². The van der Waals surface area contributed by atoms with E-state index in [0.717, 1.165) is 28.8 Å². The van der Waals surface area contributed by atoms with E-state index < -0.39 is 44.7 Å². The molecule has 284 valence electrons. The van der Waals surface area contributed by atoms with Crippen molar-refractivity contribution in [1.29, 1.82) is 0 Å². The molecule has 0 saturated heterocycles. The first kappa shape index (κ1) is 37.7. The molecule has 14 heteroatoms. The van der Waals surface area contributed by atoms with Crippen LogP contribution in [0.25, 0.3) is 22.6 Å². The van der Waals surface area contributed by atoms with Crippen molar-refractivity contribution in [3.05, 3.63) is 106 Å². The maximum Gasteiger partial charge on any atom is 0.516 e. The molecule has 5 aromatic rings. The number of hydrogen-bond donors (Lipinski definition) is 3. The van der Waals surface area contributed by atoms with E-state index in [4.69, 9.17) is 25.7 Å². The second kappa shape index (κ2) is 12.7. The molecule has 54 heavy (non-hydrogen) atoms. The zero-order chi connectivity index (χ0) is 39.2. The van der Waals surface area contributed by atoms with Crippen LogP contribution in [-0.2, 0) is 38.5 Å². The van der Waals surface area contributed by atoms with Gasteiger partial charge in [0.1, 0.15) is 17.4 Å². The fourth-order valence-corrected chi connectivity index (χ4v) is 8.13. The first-order valence-corrected chi connectivity index (χ1v) is 19.2. The van der Waals surface area contributed by atoms with E-state index in [1.807, 2.05) is 18.2 Å². The number of halogens is 4. The fourth-order valence-electron chi connectivity index (χ4n) is 7.33. The van der Waals surface area contributed by atoms with Gasteiger partial charge >= 0.3 is 15.5 Å². The van der Waals surface area contributed by atoms with Crippen LogP contribution in [0, 0.1) is 5.92 Å². The number of oxazole rings is 1. The molecule has 0 unspecified atom stereocenters. The van der Waals surface area contributed by atoms with Gasteiger partial charge in [-0.1, -0.05) is 89.5 Å². The molecule has 1 aliphatic carbocycles. The molecule has 1 aromatic heterocycles. The van der Waals surface area contributed by atoms with Crippen molar-refractivity contribution < 1.29 is 40.6 Å². The van der Waals surface area contributed by atoms with Crippen LogP contribution in [0.15, 0.2) is 77.2 Å². The van der Waals surface area contributed by atoms with Crippen LogP contribution in [0.1, 0.15) is 75.5 Å². The maximum absolute atomic E-state index is 14.7. The number of nitrogens with one attached hydrogen (secondary N) is 2. The van der Waals surface area contributed by atoms with Crippen LogP contribution in [0.5, 0.6) is 5.75 Å². The topological polar surface area (TPSA) is 131 Å². The summed E-state index contributed by atoms with van der Waals surface area (Å²) in [7, 11) is -5.73. The minimum Gasteiger partial charge on any atom is -0.473 e. The van der Waals surface area contributed by atoms with E-state index in [9.17, 15) is 31.5 Å². The molecule has 0 saturated carbocycles. The molecular formula is C40H39ClF3N3O6S. The summed E-state index contributed by atoms with van der Waals surface area (Å²) in [6.45, 7) is 12.6. The van der Waals surface area contributed by atoms with Gasteiger partial charge in [-0.05, 0) is 82.3 Å². The standard InChI is InChI=1S/C40H39ClF3N3O6S/c1-37(2,3)23-17-30(38(4,5)6)33-31(18-23)46-35(52-33)29-19-25(41)16-22-15-24-14-21-10-7-8-13-28(21)34(48)39(24,53-32(22)29)36(49)45-26-11-9-12-27(20-26)47-54(50,51)40(42,43)44/h7-13,16-20,24,34,47-48H,14-15H2,1-6H3,(H,45,49)/t24-,34-,39-/m1/s1. The number of aliphatic hydroxyl groups excluding tert-OH is 1. The Morgan fingerprint density at radius 3 is 2.28 bits per heavy atom. The molecule has 0 bridgehead atoms. The molecule has 0 fully saturated rings. The number of carbonyl (C=O) groups is 1. The third-order valence-electron chi connectivity index (χ3n) is 10.1. The highest BCUT2D eigenvalue weighted by molar-refractivity contribution is 7.93. The predicted octanol–water partition coefficient (Wildman–Crippen LogP) is 9.22. The predicted molar refractivity (Wildman–Crippen MR) is 201 cm³/mol. The number of alkyl halides is 3. The highest BCUT2D eigenvalue weighted by Gasteiger charge is 2.60. The first-order chi connectivity index (χ1) is 25.1. The summed E-state index contributed by atoms with van der Waals surface area (Å²) in [4.78, 5) is 19.6. The number of benzene rings is 4. The molecule has 7 rings (SSSR count). The molecule has 1 aliphatic heterocycles. The number of ether oxygens (including phenoxy) is 1. The summed E-state index contributed by atoms with van der Waals surface area (Å²) in [5.74, 6) is -1.00. The molecule has 1 amide bonds. The highest BCUT2D eigenvalue weighted by atomic mass is 35.5. The van der Waals surface area contributed by atoms with Gasteiger partial charge in [0, 0.05) is 22.2 Å². The summed E-state index contributed by atoms with van der Waals surface area (Å²) < 4.78 is 77.9. The van der Waals surface area contributed by atoms with Gasteiger partial charge in [0.25, 0.3) is 5.91 Å². The number of rotatable bonds is 5. The monoisotopic (exact) mass is 781 g/mol. The van der Waals surface area contributed by atoms with E-state index in [1.165, 1.54) is 16.9 Å². The number of anilines is 2. The molecular weight excluding hydrogens is 743 g/mol. The Labute approximate surface area is 315 Å². The molecule has 0 radical (unpaired) electrons. The second-order valence-corrected chi connectivity index (χ2v) is 18.1. The van der Waals surface area contributed by atoms with Gasteiger partial charge in [-0.15, -0.1) is 0 Å². The molecule has 2 heterocycles. The minimum atomic E-state index is -5.73. The zero-order valence-corrected chi connectivity index (χ0v) is 31.9. The Hall–Kier alpha value is -4.59. The SMILES string of the molecule is CC(C)(C)c1cc(C(C)(C)C)c2oc(-c3cc(Cl)cc4c3O[C@]3(C(=O)Nc5cccc(NS(=O)(=O)C(F)(F)F)c5)[C@H](Cc5ccccc5[C@H]3O)C4)nc2c1. The Balaban J connectivity index is 1.35. The lowest BCUT2D eigenvalue weighted by Crippen LogP contribution is -2.62. The van der Waals surface area contributed by atoms with Gasteiger partial charge in [0.15, 0.2) is 5.58 Å². The molecule has 4 aromatic carbocycles. The smallest absolute Gasteiger partial charge is 0.473 e. The van der Waals surface area contributed by atoms with E-state index in [0.29, 0.717) is 39.2 Å². The number of aromatic nitrogens is 1. The number of hydrogen-bond acceptors (Lipinski definition) is 7. The lowest BCUT2D eigenvalue weighted by atomic mass is 9.66. The number of sulfonamides is 1. The van der Waals surface area contributed by atoms with E-state index in [2.05, 4.69) is 52.9 Å². The second-order valence-electron chi connectivity index (χ2n) is 16.0. The zero-order valence-electron chi connectivity index (χ0n) is 30.4. The Morgan fingerprint density at radius 2 is 1.59 bits per heavy atom. The number of amides is 1. The Kier molecular flexibility index (Phi) is 8.90. The Morgan fingerprint density at radius 1 is 0.907 bits per heavy atom. The van der Waals surface area contributed by atoms with E-state index in [-0.39, 0.29) is 34.6 Å². The van der Waals surface area contributed by atoms with Crippen molar-refractivity contribution in [3.8, 4) is 17.2 Å². The lowest BCUT2D eigenvalue weighted by molar-refractivity contribution is -0.157. The van der Waals surface area contributed by atoms with Crippen molar-refractivity contribution in [2.45, 2.75) is 82.4 Å². The van der Waals surface area contributed by atoms with Crippen molar-refractivity contribution in [3.63, 3.8) is 0 Å². The summed E-state index contributed by atoms with van der Waals surface area (Å²) >= 11 is 6.72. The van der Waals surface area contributed by atoms with Crippen molar-refractivity contribution in [2.75, 3.05) is 10.0 Å². The van der Waals surface area contributed by atoms with Crippen molar-refractivity contribution in [1.82, 2.24) is 4.98 Å². The van der Waals surface area contributed by atoms with Gasteiger partial charge in [0.2, 0.25) is 11.5 Å². The van der Waals surface area contributed by atoms with Gasteiger partial charge in [-0.25, -0.2) is 4.98 Å². The van der Waals surface area contributed by atoms with Gasteiger partial charge < -0.3 is 19.6 Å². The summed E-state index contributed by atoms with van der Waals surface area (Å²) in [6, 6.07) is 19.5. The van der Waals surface area contributed by atoms with Gasteiger partial charge in [-0.2, -0.15) is 21.6 Å². The summed E-state index contributed by atoms with van der Waals surface area (Å²) in [6.07, 6.45) is -0.920. The van der Waals surface area contributed by atoms with Crippen molar-refractivity contribution in [2.24, 2.45) is 5.92 Å². The molecule has 3 N–H and O–H groups in total. The third-order valence-corrected chi connectivity index (χ3v) is 11.5.